The lowest BCUT2D eigenvalue weighted by molar-refractivity contribution is 0.314. The maximum Gasteiger partial charge on any atom is 0.260 e. The van der Waals surface area contributed by atoms with Crippen LogP contribution in [0.3, 0.4) is 0 Å². The van der Waals surface area contributed by atoms with E-state index in [4.69, 9.17) is 0 Å². The predicted octanol–water partition coefficient (Wildman–Crippen LogP) is 1.38. The molecule has 1 unspecified atom stereocenters. The van der Waals surface area contributed by atoms with Gasteiger partial charge in [0.1, 0.15) is 0 Å². The first-order chi connectivity index (χ1) is 9.77. The van der Waals surface area contributed by atoms with Crippen LogP contribution in [0.1, 0.15) is 20.8 Å². The van der Waals surface area contributed by atoms with E-state index in [-0.39, 0.29) is 17.0 Å². The summed E-state index contributed by atoms with van der Waals surface area (Å²) in [6.45, 7) is 7.19. The van der Waals surface area contributed by atoms with Crippen molar-refractivity contribution in [2.45, 2.75) is 31.8 Å². The van der Waals surface area contributed by atoms with E-state index in [1.165, 1.54) is 6.20 Å². The molecular formula is C14H26N4O2S. The van der Waals surface area contributed by atoms with Crippen LogP contribution >= 0.6 is 0 Å². The van der Waals surface area contributed by atoms with Crippen LogP contribution in [0, 0.1) is 5.92 Å². The van der Waals surface area contributed by atoms with E-state index in [1.807, 2.05) is 39.8 Å². The summed E-state index contributed by atoms with van der Waals surface area (Å²) in [5, 5.41) is 3.09. The molecule has 1 aromatic rings. The Balaban J connectivity index is 3.04. The molecule has 0 saturated heterocycles. The molecule has 0 fully saturated rings. The minimum atomic E-state index is -3.65. The van der Waals surface area contributed by atoms with E-state index in [9.17, 15) is 8.42 Å². The standard InChI is InChI=1S/C14H26N4O2S/c1-6-15-12-8-7-9-16-14(12)21(19,20)17-13(11(2)3)10-18(4)5/h7-9,11,13,15,17H,6,10H2,1-5H3. The molecule has 2 N–H and O–H groups in total. The Morgan fingerprint density at radius 1 is 1.33 bits per heavy atom. The van der Waals surface area contributed by atoms with Crippen LogP contribution < -0.4 is 10.0 Å². The van der Waals surface area contributed by atoms with Crippen LogP contribution in [0.15, 0.2) is 23.4 Å². The molecule has 0 aromatic carbocycles. The summed E-state index contributed by atoms with van der Waals surface area (Å²) in [5.41, 5.74) is 0.528. The van der Waals surface area contributed by atoms with Gasteiger partial charge in [-0.2, -0.15) is 0 Å². The Kier molecular flexibility index (Phi) is 6.57. The molecule has 1 rings (SSSR count). The zero-order valence-corrected chi connectivity index (χ0v) is 14.2. The first-order valence-corrected chi connectivity index (χ1v) is 8.62. The number of nitrogens with zero attached hydrogens (tertiary/aromatic N) is 2. The lowest BCUT2D eigenvalue weighted by Crippen LogP contribution is -2.45. The van der Waals surface area contributed by atoms with Crippen molar-refractivity contribution in [3.05, 3.63) is 18.3 Å². The zero-order valence-electron chi connectivity index (χ0n) is 13.4. The fourth-order valence-electron chi connectivity index (χ4n) is 1.96. The first kappa shape index (κ1) is 17.9. The van der Waals surface area contributed by atoms with Gasteiger partial charge in [-0.1, -0.05) is 13.8 Å². The summed E-state index contributed by atoms with van der Waals surface area (Å²) >= 11 is 0. The Hall–Kier alpha value is -1.18. The summed E-state index contributed by atoms with van der Waals surface area (Å²) in [6, 6.07) is 3.28. The third-order valence-corrected chi connectivity index (χ3v) is 4.51. The highest BCUT2D eigenvalue weighted by atomic mass is 32.2. The summed E-state index contributed by atoms with van der Waals surface area (Å²) in [5.74, 6) is 0.188. The van der Waals surface area contributed by atoms with Crippen molar-refractivity contribution in [2.24, 2.45) is 5.92 Å². The Morgan fingerprint density at radius 2 is 2.00 bits per heavy atom. The first-order valence-electron chi connectivity index (χ1n) is 7.14. The van der Waals surface area contributed by atoms with Crippen LogP contribution in [0.4, 0.5) is 5.69 Å². The van der Waals surface area contributed by atoms with Crippen LogP contribution in [-0.4, -0.2) is 51.5 Å². The second-order valence-electron chi connectivity index (χ2n) is 5.62. The fraction of sp³-hybridized carbons (Fsp3) is 0.643. The average molecular weight is 314 g/mol. The lowest BCUT2D eigenvalue weighted by Gasteiger charge is -2.25. The summed E-state index contributed by atoms with van der Waals surface area (Å²) < 4.78 is 28.0. The zero-order chi connectivity index (χ0) is 16.0. The topological polar surface area (TPSA) is 74.3 Å². The van der Waals surface area contributed by atoms with Gasteiger partial charge >= 0.3 is 0 Å². The average Bonchev–Trinajstić information content (AvgIpc) is 2.38. The maximum absolute atomic E-state index is 12.6. The van der Waals surface area contributed by atoms with Gasteiger partial charge in [0.15, 0.2) is 5.03 Å². The molecule has 120 valence electrons. The van der Waals surface area contributed by atoms with Crippen LogP contribution in [0.2, 0.25) is 0 Å². The second-order valence-corrected chi connectivity index (χ2v) is 7.25. The van der Waals surface area contributed by atoms with Crippen molar-refractivity contribution in [1.82, 2.24) is 14.6 Å². The summed E-state index contributed by atoms with van der Waals surface area (Å²) in [6.07, 6.45) is 1.49. The van der Waals surface area contributed by atoms with E-state index >= 15 is 0 Å². The van der Waals surface area contributed by atoms with Crippen LogP contribution in [0.25, 0.3) is 0 Å². The molecular weight excluding hydrogens is 288 g/mol. The van der Waals surface area contributed by atoms with Gasteiger partial charge in [-0.15, -0.1) is 0 Å². The second kappa shape index (κ2) is 7.72. The van der Waals surface area contributed by atoms with Crippen molar-refractivity contribution < 1.29 is 8.42 Å². The molecule has 1 heterocycles. The Morgan fingerprint density at radius 3 is 2.52 bits per heavy atom. The number of pyridine rings is 1. The van der Waals surface area contributed by atoms with Crippen molar-refractivity contribution in [3.63, 3.8) is 0 Å². The SMILES string of the molecule is CCNc1cccnc1S(=O)(=O)NC(CN(C)C)C(C)C. The molecule has 1 atom stereocenters. The third-order valence-electron chi connectivity index (χ3n) is 3.07. The van der Waals surface area contributed by atoms with Gasteiger partial charge in [0, 0.05) is 25.3 Å². The summed E-state index contributed by atoms with van der Waals surface area (Å²) in [7, 11) is 0.197. The smallest absolute Gasteiger partial charge is 0.260 e. The molecule has 0 radical (unpaired) electrons. The van der Waals surface area contributed by atoms with Gasteiger partial charge in [0.2, 0.25) is 0 Å². The number of likely N-dealkylation sites (N-methyl/N-ethyl adjacent to an activating group) is 1. The number of sulfonamides is 1. The van der Waals surface area contributed by atoms with Gasteiger partial charge in [-0.3, -0.25) is 0 Å². The monoisotopic (exact) mass is 314 g/mol. The minimum Gasteiger partial charge on any atom is -0.383 e. The number of anilines is 1. The fourth-order valence-corrected chi connectivity index (χ4v) is 3.45. The summed E-state index contributed by atoms with van der Waals surface area (Å²) in [4.78, 5) is 6.00. The van der Waals surface area contributed by atoms with Crippen molar-refractivity contribution in [2.75, 3.05) is 32.5 Å². The van der Waals surface area contributed by atoms with Gasteiger partial charge in [-0.25, -0.2) is 18.1 Å². The van der Waals surface area contributed by atoms with Gasteiger partial charge in [0.25, 0.3) is 10.0 Å². The molecule has 0 aliphatic carbocycles. The molecule has 1 aromatic heterocycles. The van der Waals surface area contributed by atoms with Gasteiger partial charge < -0.3 is 10.2 Å². The number of hydrogen-bond acceptors (Lipinski definition) is 5. The molecule has 0 aliphatic heterocycles. The predicted molar refractivity (Wildman–Crippen MR) is 85.9 cm³/mol. The molecule has 0 saturated carbocycles. The van der Waals surface area contributed by atoms with E-state index in [1.54, 1.807) is 12.1 Å². The molecule has 0 aliphatic rings. The molecule has 0 spiro atoms. The number of rotatable bonds is 8. The largest absolute Gasteiger partial charge is 0.383 e. The molecule has 6 nitrogen and oxygen atoms in total. The number of aromatic nitrogens is 1. The normalized spacial score (nSPS) is 13.7. The molecule has 7 heteroatoms. The van der Waals surface area contributed by atoms with E-state index in [0.717, 1.165) is 0 Å². The molecule has 0 amide bonds. The molecule has 21 heavy (non-hydrogen) atoms. The highest BCUT2D eigenvalue weighted by Crippen LogP contribution is 2.19. The Labute approximate surface area is 128 Å². The number of hydrogen-bond donors (Lipinski definition) is 2. The van der Waals surface area contributed by atoms with Crippen molar-refractivity contribution in [3.8, 4) is 0 Å². The maximum atomic E-state index is 12.6. The van der Waals surface area contributed by atoms with Gasteiger partial charge in [-0.05, 0) is 39.1 Å². The van der Waals surface area contributed by atoms with Gasteiger partial charge in [0.05, 0.1) is 5.69 Å². The Bertz CT molecular complexity index is 544. The lowest BCUT2D eigenvalue weighted by atomic mass is 10.1. The van der Waals surface area contributed by atoms with E-state index < -0.39 is 10.0 Å². The van der Waals surface area contributed by atoms with Crippen LogP contribution in [-0.2, 0) is 10.0 Å². The third kappa shape index (κ3) is 5.26. The van der Waals surface area contributed by atoms with Crippen molar-refractivity contribution in [1.29, 1.82) is 0 Å². The van der Waals surface area contributed by atoms with Crippen LogP contribution in [0.5, 0.6) is 0 Å². The highest BCUT2D eigenvalue weighted by Gasteiger charge is 2.26. The highest BCUT2D eigenvalue weighted by molar-refractivity contribution is 7.89. The van der Waals surface area contributed by atoms with E-state index in [2.05, 4.69) is 15.0 Å². The minimum absolute atomic E-state index is 0.0521. The number of nitrogens with one attached hydrogen (secondary N) is 2. The molecule has 0 bridgehead atoms. The van der Waals surface area contributed by atoms with E-state index in [0.29, 0.717) is 18.8 Å². The van der Waals surface area contributed by atoms with Crippen molar-refractivity contribution >= 4 is 15.7 Å². The quantitative estimate of drug-likeness (QED) is 0.758.